The number of rotatable bonds is 12. The second kappa shape index (κ2) is 14.7. The highest BCUT2D eigenvalue weighted by Crippen LogP contribution is 2.29. The van der Waals surface area contributed by atoms with Crippen LogP contribution in [-0.4, -0.2) is 29.0 Å². The Labute approximate surface area is 247 Å². The van der Waals surface area contributed by atoms with Gasteiger partial charge in [-0.25, -0.2) is 4.79 Å². The van der Waals surface area contributed by atoms with Gasteiger partial charge in [0.25, 0.3) is 0 Å². The summed E-state index contributed by atoms with van der Waals surface area (Å²) in [6, 6.07) is 31.4. The number of Topliss-reactive ketones (excluding diaryl/α,β-unsaturated/α-hetero) is 1. The molecule has 4 rings (SSSR count). The molecule has 0 fully saturated rings. The quantitative estimate of drug-likeness (QED) is 0.0414. The minimum Gasteiger partial charge on any atom is -0.318 e. The standard InChI is InChI=1S/C32H26ClNO4S2/c1-22(35)38-34-30(8-5-21-39-27-19-13-26(33)14-20-27)32(37)25-11-17-29(18-12-25)40-28-15-9-24(10-16-28)31(36)23-6-3-2-4-7-23/h2-4,6-7,9-20H,5,8,21H2,1H3. The van der Waals surface area contributed by atoms with Gasteiger partial charge in [0.15, 0.2) is 5.78 Å². The summed E-state index contributed by atoms with van der Waals surface area (Å²) in [6.07, 6.45) is 1.05. The minimum absolute atomic E-state index is 0.0187. The van der Waals surface area contributed by atoms with Gasteiger partial charge in [0.2, 0.25) is 5.78 Å². The van der Waals surface area contributed by atoms with E-state index in [-0.39, 0.29) is 17.3 Å². The molecule has 0 saturated carbocycles. The van der Waals surface area contributed by atoms with E-state index >= 15 is 0 Å². The van der Waals surface area contributed by atoms with Gasteiger partial charge in [0.05, 0.1) is 0 Å². The highest BCUT2D eigenvalue weighted by Gasteiger charge is 2.16. The Bertz CT molecular complexity index is 1490. The number of carbonyl (C=O) groups excluding carboxylic acids is 3. The molecule has 0 unspecified atom stereocenters. The van der Waals surface area contributed by atoms with Crippen molar-refractivity contribution in [1.29, 1.82) is 0 Å². The Hall–Kier alpha value is -3.65. The monoisotopic (exact) mass is 587 g/mol. The molecule has 0 N–H and O–H groups in total. The fourth-order valence-corrected chi connectivity index (χ4v) is 5.48. The van der Waals surface area contributed by atoms with Crippen molar-refractivity contribution in [3.63, 3.8) is 0 Å². The Morgan fingerprint density at radius 1 is 0.725 bits per heavy atom. The summed E-state index contributed by atoms with van der Waals surface area (Å²) < 4.78 is 0. The van der Waals surface area contributed by atoms with E-state index in [4.69, 9.17) is 16.4 Å². The molecule has 0 heterocycles. The zero-order chi connectivity index (χ0) is 28.3. The van der Waals surface area contributed by atoms with Gasteiger partial charge in [-0.3, -0.25) is 9.59 Å². The van der Waals surface area contributed by atoms with E-state index in [9.17, 15) is 14.4 Å². The van der Waals surface area contributed by atoms with E-state index in [0.29, 0.717) is 34.6 Å². The molecular formula is C32H26ClNO4S2. The Kier molecular flexibility index (Phi) is 10.7. The third-order valence-corrected chi connectivity index (χ3v) is 8.06. The topological polar surface area (TPSA) is 72.8 Å². The van der Waals surface area contributed by atoms with E-state index in [0.717, 1.165) is 20.4 Å². The largest absolute Gasteiger partial charge is 0.331 e. The summed E-state index contributed by atoms with van der Waals surface area (Å²) in [5.74, 6) is -0.115. The van der Waals surface area contributed by atoms with E-state index in [2.05, 4.69) is 5.16 Å². The van der Waals surface area contributed by atoms with Crippen LogP contribution in [0.25, 0.3) is 0 Å². The molecule has 0 aliphatic heterocycles. The molecule has 0 bridgehead atoms. The van der Waals surface area contributed by atoms with E-state index in [1.807, 2.05) is 78.9 Å². The maximum absolute atomic E-state index is 13.2. The van der Waals surface area contributed by atoms with Crippen LogP contribution in [-0.2, 0) is 9.63 Å². The molecule has 4 aromatic carbocycles. The molecule has 40 heavy (non-hydrogen) atoms. The fourth-order valence-electron chi connectivity index (χ4n) is 3.69. The average molecular weight is 588 g/mol. The first-order valence-electron chi connectivity index (χ1n) is 12.5. The number of benzene rings is 4. The lowest BCUT2D eigenvalue weighted by atomic mass is 10.0. The smallest absolute Gasteiger partial charge is 0.318 e. The highest BCUT2D eigenvalue weighted by molar-refractivity contribution is 7.99. The first-order chi connectivity index (χ1) is 19.4. The summed E-state index contributed by atoms with van der Waals surface area (Å²) in [5, 5.41) is 4.53. The number of hydrogen-bond acceptors (Lipinski definition) is 7. The fraction of sp³-hybridized carbons (Fsp3) is 0.125. The van der Waals surface area contributed by atoms with Crippen LogP contribution in [0.3, 0.4) is 0 Å². The van der Waals surface area contributed by atoms with Crippen molar-refractivity contribution in [2.75, 3.05) is 5.75 Å². The van der Waals surface area contributed by atoms with Crippen molar-refractivity contribution >= 4 is 58.4 Å². The van der Waals surface area contributed by atoms with Crippen LogP contribution in [0.2, 0.25) is 5.02 Å². The molecule has 0 radical (unpaired) electrons. The van der Waals surface area contributed by atoms with Crippen molar-refractivity contribution in [2.45, 2.75) is 34.5 Å². The van der Waals surface area contributed by atoms with Gasteiger partial charge >= 0.3 is 5.97 Å². The lowest BCUT2D eigenvalue weighted by Gasteiger charge is -2.08. The molecular weight excluding hydrogens is 562 g/mol. The van der Waals surface area contributed by atoms with Crippen LogP contribution in [0.15, 0.2) is 123 Å². The molecule has 202 valence electrons. The summed E-state index contributed by atoms with van der Waals surface area (Å²) in [4.78, 5) is 44.9. The molecule has 0 amide bonds. The normalized spacial score (nSPS) is 11.2. The Balaban J connectivity index is 1.35. The molecule has 0 spiro atoms. The molecule has 0 atom stereocenters. The van der Waals surface area contributed by atoms with Crippen LogP contribution in [0.4, 0.5) is 0 Å². The molecule has 8 heteroatoms. The highest BCUT2D eigenvalue weighted by atomic mass is 35.5. The number of carbonyl (C=O) groups is 3. The third kappa shape index (κ3) is 8.68. The van der Waals surface area contributed by atoms with Crippen LogP contribution >= 0.6 is 35.1 Å². The summed E-state index contributed by atoms with van der Waals surface area (Å²) in [6.45, 7) is 1.25. The zero-order valence-corrected chi connectivity index (χ0v) is 24.1. The van der Waals surface area contributed by atoms with Gasteiger partial charge in [-0.2, -0.15) is 0 Å². The van der Waals surface area contributed by atoms with Crippen molar-refractivity contribution in [3.05, 3.63) is 125 Å². The lowest BCUT2D eigenvalue weighted by Crippen LogP contribution is -2.16. The van der Waals surface area contributed by atoms with Gasteiger partial charge in [-0.15, -0.1) is 11.8 Å². The van der Waals surface area contributed by atoms with E-state index < -0.39 is 5.97 Å². The van der Waals surface area contributed by atoms with Crippen molar-refractivity contribution < 1.29 is 19.2 Å². The number of nitrogens with zero attached hydrogens (tertiary/aromatic N) is 1. The van der Waals surface area contributed by atoms with E-state index in [1.165, 1.54) is 18.7 Å². The van der Waals surface area contributed by atoms with Gasteiger partial charge < -0.3 is 4.84 Å². The minimum atomic E-state index is -0.580. The van der Waals surface area contributed by atoms with Crippen molar-refractivity contribution in [3.8, 4) is 0 Å². The zero-order valence-electron chi connectivity index (χ0n) is 21.7. The third-order valence-electron chi connectivity index (χ3n) is 5.69. The second-order valence-electron chi connectivity index (χ2n) is 8.70. The first kappa shape index (κ1) is 29.3. The molecule has 5 nitrogen and oxygen atoms in total. The van der Waals surface area contributed by atoms with E-state index in [1.54, 1.807) is 36.0 Å². The van der Waals surface area contributed by atoms with Gasteiger partial charge in [-0.05, 0) is 91.4 Å². The molecule has 4 aromatic rings. The van der Waals surface area contributed by atoms with Crippen molar-refractivity contribution in [1.82, 2.24) is 0 Å². The van der Waals surface area contributed by atoms with Crippen LogP contribution in [0, 0.1) is 0 Å². The Morgan fingerprint density at radius 3 is 1.88 bits per heavy atom. The van der Waals surface area contributed by atoms with Gasteiger partial charge in [0, 0.05) is 43.3 Å². The van der Waals surface area contributed by atoms with Crippen LogP contribution in [0.5, 0.6) is 0 Å². The number of hydrogen-bond donors (Lipinski definition) is 0. The van der Waals surface area contributed by atoms with Gasteiger partial charge in [-0.1, -0.05) is 58.9 Å². The lowest BCUT2D eigenvalue weighted by molar-refractivity contribution is -0.140. The van der Waals surface area contributed by atoms with Gasteiger partial charge in [0.1, 0.15) is 5.71 Å². The molecule has 0 aliphatic carbocycles. The number of oxime groups is 1. The summed E-state index contributed by atoms with van der Waals surface area (Å²) >= 11 is 9.12. The summed E-state index contributed by atoms with van der Waals surface area (Å²) in [7, 11) is 0. The molecule has 0 saturated heterocycles. The number of ketones is 2. The second-order valence-corrected chi connectivity index (χ2v) is 11.5. The Morgan fingerprint density at radius 2 is 1.27 bits per heavy atom. The predicted molar refractivity (Wildman–Crippen MR) is 162 cm³/mol. The average Bonchev–Trinajstić information content (AvgIpc) is 2.98. The molecule has 0 aliphatic rings. The van der Waals surface area contributed by atoms with Crippen LogP contribution in [0.1, 0.15) is 46.0 Å². The number of thioether (sulfide) groups is 1. The predicted octanol–water partition coefficient (Wildman–Crippen LogP) is 8.40. The summed E-state index contributed by atoms with van der Waals surface area (Å²) in [5.41, 5.74) is 1.94. The first-order valence-corrected chi connectivity index (χ1v) is 14.7. The maximum atomic E-state index is 13.2. The molecule has 0 aromatic heterocycles. The van der Waals surface area contributed by atoms with Crippen molar-refractivity contribution in [2.24, 2.45) is 5.16 Å². The number of halogens is 1. The maximum Gasteiger partial charge on any atom is 0.331 e. The SMILES string of the molecule is CC(=O)ON=C(CCCSc1ccc(Cl)cc1)C(=O)c1ccc(Sc2ccc(C(=O)c3ccccc3)cc2)cc1. The van der Waals surface area contributed by atoms with Crippen LogP contribution < -0.4 is 0 Å².